The summed E-state index contributed by atoms with van der Waals surface area (Å²) in [5.74, 6) is -0.131. The Labute approximate surface area is 173 Å². The van der Waals surface area contributed by atoms with E-state index in [1.54, 1.807) is 36.4 Å². The van der Waals surface area contributed by atoms with E-state index in [2.05, 4.69) is 14.3 Å². The zero-order valence-corrected chi connectivity index (χ0v) is 17.5. The van der Waals surface area contributed by atoms with Gasteiger partial charge in [0.15, 0.2) is 11.5 Å². The molecule has 0 aliphatic rings. The summed E-state index contributed by atoms with van der Waals surface area (Å²) in [7, 11) is -10.1. The summed E-state index contributed by atoms with van der Waals surface area (Å²) in [5, 5.41) is 1.74. The maximum Gasteiger partial charge on any atom is 0.537 e. The number of rotatable bonds is 6. The Morgan fingerprint density at radius 3 is 1.59 bits per heavy atom. The average molecular weight is 477 g/mol. The summed E-state index contributed by atoms with van der Waals surface area (Å²) in [6.07, 6.45) is 2.58. The molecular weight excluding hydrogens is 465 g/mol. The molecule has 2 unspecified atom stereocenters. The van der Waals surface area contributed by atoms with Gasteiger partial charge in [0.05, 0.1) is 11.0 Å². The third-order valence-electron chi connectivity index (χ3n) is 3.85. The number of nitrogens with one attached hydrogen (secondary N) is 2. The second-order valence-electron chi connectivity index (χ2n) is 5.89. The van der Waals surface area contributed by atoms with Crippen molar-refractivity contribution in [1.29, 1.82) is 0 Å². The van der Waals surface area contributed by atoms with Crippen LogP contribution in [-0.2, 0) is 13.4 Å². The molecule has 0 bridgehead atoms. The van der Waals surface area contributed by atoms with Crippen LogP contribution in [-0.4, -0.2) is 19.8 Å². The van der Waals surface area contributed by atoms with Gasteiger partial charge in [-0.2, -0.15) is 4.31 Å². The molecule has 0 spiro atoms. The minimum atomic E-state index is -5.03. The molecule has 0 amide bonds. The van der Waals surface area contributed by atoms with Crippen molar-refractivity contribution in [2.45, 2.75) is 0 Å². The summed E-state index contributed by atoms with van der Waals surface area (Å²) in [6, 6.07) is 9.37. The second-order valence-corrected chi connectivity index (χ2v) is 9.65. The molecule has 4 N–H and O–H groups in total. The van der Waals surface area contributed by atoms with Gasteiger partial charge in [-0.05, 0) is 36.4 Å². The van der Waals surface area contributed by atoms with Gasteiger partial charge in [-0.15, -0.1) is 0 Å². The fourth-order valence-corrected chi connectivity index (χ4v) is 5.16. The van der Waals surface area contributed by atoms with Gasteiger partial charge >= 0.3 is 15.6 Å². The number of H-pyrrole nitrogens is 2. The second kappa shape index (κ2) is 7.38. The molecule has 2 aromatic carbocycles. The Morgan fingerprint density at radius 2 is 1.17 bits per heavy atom. The molecule has 2 heterocycles. The van der Waals surface area contributed by atoms with Crippen molar-refractivity contribution in [3.8, 4) is 11.5 Å². The number of hydrogen-bond donors (Lipinski definition) is 4. The molecule has 9 nitrogen and oxygen atoms in total. The zero-order chi connectivity index (χ0) is 20.8. The molecule has 4 rings (SSSR count). The lowest BCUT2D eigenvalue weighted by Crippen LogP contribution is -2.00. The molecule has 4 aromatic rings. The van der Waals surface area contributed by atoms with E-state index in [9.17, 15) is 18.9 Å². The average Bonchev–Trinajstić information content (AvgIpc) is 3.16. The predicted molar refractivity (Wildman–Crippen MR) is 109 cm³/mol. The van der Waals surface area contributed by atoms with E-state index in [0.717, 1.165) is 0 Å². The SMILES string of the molecule is O=P(O)(Oc1c[nH]c2cc(Cl)ccc12)OP(=O)(O)Oc1c[nH]c2cc(Cl)ccc12. The molecule has 0 saturated carbocycles. The normalized spacial score (nSPS) is 15.9. The highest BCUT2D eigenvalue weighted by Crippen LogP contribution is 2.60. The van der Waals surface area contributed by atoms with Gasteiger partial charge in [0.25, 0.3) is 0 Å². The van der Waals surface area contributed by atoms with E-state index < -0.39 is 15.6 Å². The smallest absolute Gasteiger partial charge is 0.402 e. The van der Waals surface area contributed by atoms with Crippen molar-refractivity contribution < 1.29 is 32.3 Å². The van der Waals surface area contributed by atoms with Gasteiger partial charge in [0.2, 0.25) is 0 Å². The highest BCUT2D eigenvalue weighted by Gasteiger charge is 2.38. The fraction of sp³-hybridized carbons (Fsp3) is 0. The van der Waals surface area contributed by atoms with Gasteiger partial charge < -0.3 is 19.0 Å². The largest absolute Gasteiger partial charge is 0.537 e. The van der Waals surface area contributed by atoms with Crippen LogP contribution in [0.4, 0.5) is 0 Å². The maximum absolute atomic E-state index is 12.3. The number of benzene rings is 2. The lowest BCUT2D eigenvalue weighted by atomic mass is 10.2. The van der Waals surface area contributed by atoms with Gasteiger partial charge in [0.1, 0.15) is 0 Å². The van der Waals surface area contributed by atoms with Crippen LogP contribution in [0.25, 0.3) is 21.8 Å². The first-order valence-corrected chi connectivity index (χ1v) is 11.7. The van der Waals surface area contributed by atoms with E-state index in [1.807, 2.05) is 0 Å². The molecule has 0 aliphatic heterocycles. The van der Waals surface area contributed by atoms with Crippen LogP contribution in [0.15, 0.2) is 48.8 Å². The van der Waals surface area contributed by atoms with Crippen molar-refractivity contribution in [2.75, 3.05) is 0 Å². The molecule has 0 aliphatic carbocycles. The van der Waals surface area contributed by atoms with Crippen molar-refractivity contribution in [3.63, 3.8) is 0 Å². The lowest BCUT2D eigenvalue weighted by molar-refractivity contribution is 0.235. The summed E-state index contributed by atoms with van der Waals surface area (Å²) in [5.41, 5.74) is 1.07. The van der Waals surface area contributed by atoms with Crippen molar-refractivity contribution >= 4 is 60.7 Å². The first kappa shape index (κ1) is 20.3. The Balaban J connectivity index is 1.54. The molecule has 29 heavy (non-hydrogen) atoms. The molecule has 0 saturated heterocycles. The highest BCUT2D eigenvalue weighted by molar-refractivity contribution is 7.61. The maximum atomic E-state index is 12.3. The van der Waals surface area contributed by atoms with Crippen LogP contribution in [0.5, 0.6) is 11.5 Å². The summed E-state index contributed by atoms with van der Waals surface area (Å²) < 4.78 is 38.8. The Morgan fingerprint density at radius 1 is 0.759 bits per heavy atom. The predicted octanol–water partition coefficient (Wildman–Crippen LogP) is 5.63. The minimum absolute atomic E-state index is 0.0655. The first-order chi connectivity index (χ1) is 13.6. The molecule has 2 atom stereocenters. The summed E-state index contributed by atoms with van der Waals surface area (Å²) in [4.78, 5) is 25.5. The van der Waals surface area contributed by atoms with Gasteiger partial charge in [-0.3, -0.25) is 9.79 Å². The zero-order valence-electron chi connectivity index (χ0n) is 14.2. The van der Waals surface area contributed by atoms with Crippen LogP contribution in [0, 0.1) is 0 Å². The third kappa shape index (κ3) is 4.47. The highest BCUT2D eigenvalue weighted by atomic mass is 35.5. The van der Waals surface area contributed by atoms with Crippen molar-refractivity contribution in [3.05, 3.63) is 58.8 Å². The number of phosphoric acid groups is 2. The molecular formula is C16H12Cl2N2O7P2. The monoisotopic (exact) mass is 476 g/mol. The first-order valence-electron chi connectivity index (χ1n) is 7.91. The van der Waals surface area contributed by atoms with E-state index in [1.165, 1.54) is 12.4 Å². The standard InChI is InChI=1S/C16H12Cl2N2O7P2/c17-9-1-3-11-13(5-9)19-7-15(11)25-28(21,22)27-29(23,24)26-16-8-20-14-6-10(18)2-4-12(14)16/h1-8,19-20H,(H,21,22)(H,23,24). The Hall–Kier alpha value is -1.96. The Kier molecular flexibility index (Phi) is 5.17. The number of hydrogen-bond acceptors (Lipinski definition) is 5. The van der Waals surface area contributed by atoms with Crippen LogP contribution in [0.3, 0.4) is 0 Å². The van der Waals surface area contributed by atoms with E-state index >= 15 is 0 Å². The molecule has 152 valence electrons. The molecule has 0 radical (unpaired) electrons. The van der Waals surface area contributed by atoms with Gasteiger partial charge in [0, 0.05) is 33.2 Å². The van der Waals surface area contributed by atoms with Crippen LogP contribution >= 0.6 is 38.8 Å². The number of phosphoric ester groups is 2. The van der Waals surface area contributed by atoms with Crippen LogP contribution in [0.1, 0.15) is 0 Å². The van der Waals surface area contributed by atoms with E-state index in [-0.39, 0.29) is 11.5 Å². The molecule has 0 fully saturated rings. The minimum Gasteiger partial charge on any atom is -0.402 e. The summed E-state index contributed by atoms with van der Waals surface area (Å²) >= 11 is 11.8. The van der Waals surface area contributed by atoms with Crippen LogP contribution in [0.2, 0.25) is 10.0 Å². The van der Waals surface area contributed by atoms with E-state index in [4.69, 9.17) is 32.2 Å². The fourth-order valence-electron chi connectivity index (χ4n) is 2.71. The summed E-state index contributed by atoms with van der Waals surface area (Å²) in [6.45, 7) is 0. The number of fused-ring (bicyclic) bond motifs is 2. The third-order valence-corrected chi connectivity index (χ3v) is 6.82. The van der Waals surface area contributed by atoms with Crippen molar-refractivity contribution in [2.24, 2.45) is 0 Å². The number of aromatic amines is 2. The number of aromatic nitrogens is 2. The van der Waals surface area contributed by atoms with Crippen LogP contribution < -0.4 is 9.05 Å². The van der Waals surface area contributed by atoms with Crippen molar-refractivity contribution in [1.82, 2.24) is 9.97 Å². The molecule has 2 aromatic heterocycles. The Bertz CT molecular complexity index is 1220. The lowest BCUT2D eigenvalue weighted by Gasteiger charge is -2.16. The number of halogens is 2. The van der Waals surface area contributed by atoms with Gasteiger partial charge in [-0.1, -0.05) is 23.2 Å². The van der Waals surface area contributed by atoms with E-state index in [0.29, 0.717) is 31.9 Å². The topological polar surface area (TPSA) is 134 Å². The molecule has 13 heteroatoms. The van der Waals surface area contributed by atoms with Gasteiger partial charge in [-0.25, -0.2) is 9.13 Å². The quantitative estimate of drug-likeness (QED) is 0.265.